The fourth-order valence-corrected chi connectivity index (χ4v) is 3.36. The van der Waals surface area contributed by atoms with Crippen molar-refractivity contribution in [3.63, 3.8) is 0 Å². The van der Waals surface area contributed by atoms with Crippen LogP contribution in [0.25, 0.3) is 0 Å². The number of hydrogen-bond donors (Lipinski definition) is 3. The van der Waals surface area contributed by atoms with Crippen LogP contribution >= 0.6 is 11.8 Å². The molecule has 0 saturated carbocycles. The Morgan fingerprint density at radius 1 is 1.65 bits per heavy atom. The summed E-state index contributed by atoms with van der Waals surface area (Å²) in [7, 11) is 0. The van der Waals surface area contributed by atoms with Crippen molar-refractivity contribution in [1.82, 2.24) is 30.8 Å². The van der Waals surface area contributed by atoms with E-state index < -0.39 is 24.1 Å². The third-order valence-corrected chi connectivity index (χ3v) is 4.50. The molecule has 9 nitrogen and oxygen atoms in total. The van der Waals surface area contributed by atoms with Crippen molar-refractivity contribution in [2.24, 2.45) is 0 Å². The van der Waals surface area contributed by atoms with Crippen LogP contribution < -0.4 is 5.32 Å². The van der Waals surface area contributed by atoms with E-state index in [0.717, 1.165) is 0 Å². The first-order chi connectivity index (χ1) is 9.54. The third-order valence-electron chi connectivity index (χ3n) is 3.05. The van der Waals surface area contributed by atoms with E-state index in [1.54, 1.807) is 6.92 Å². The lowest BCUT2D eigenvalue weighted by Crippen LogP contribution is -2.50. The van der Waals surface area contributed by atoms with Gasteiger partial charge in [-0.1, -0.05) is 12.1 Å². The molecule has 1 aliphatic heterocycles. The Bertz CT molecular complexity index is 481. The number of aliphatic carboxylic acids is 1. The first kappa shape index (κ1) is 14.6. The highest BCUT2D eigenvalue weighted by atomic mass is 32.2. The lowest BCUT2D eigenvalue weighted by atomic mass is 10.2. The largest absolute Gasteiger partial charge is 0.480 e. The molecule has 2 rings (SSSR count). The number of nitrogens with one attached hydrogen (secondary N) is 2. The number of carbonyl (C=O) groups is 2. The Labute approximate surface area is 119 Å². The Kier molecular flexibility index (Phi) is 4.42. The molecule has 1 saturated heterocycles. The van der Waals surface area contributed by atoms with Gasteiger partial charge in [-0.2, -0.15) is 5.21 Å². The summed E-state index contributed by atoms with van der Waals surface area (Å²) in [5.74, 6) is -0.237. The number of urea groups is 1. The van der Waals surface area contributed by atoms with Crippen molar-refractivity contribution in [3.05, 3.63) is 5.82 Å². The van der Waals surface area contributed by atoms with E-state index >= 15 is 0 Å². The smallest absolute Gasteiger partial charge is 0.327 e. The zero-order chi connectivity index (χ0) is 14.7. The van der Waals surface area contributed by atoms with Gasteiger partial charge in [-0.05, 0) is 13.3 Å². The SMILES string of the molecule is CCC1SCC(C(=O)O)N1C(=O)NC(C)c1nn[nH]n1. The Balaban J connectivity index is 2.07. The molecule has 1 aromatic rings. The van der Waals surface area contributed by atoms with Gasteiger partial charge in [-0.15, -0.1) is 22.0 Å². The molecule has 1 aromatic heterocycles. The van der Waals surface area contributed by atoms with Gasteiger partial charge in [0.25, 0.3) is 0 Å². The van der Waals surface area contributed by atoms with Gasteiger partial charge < -0.3 is 10.4 Å². The van der Waals surface area contributed by atoms with Gasteiger partial charge in [0.2, 0.25) is 0 Å². The Hall–Kier alpha value is -1.84. The summed E-state index contributed by atoms with van der Waals surface area (Å²) in [6, 6.07) is -1.67. The summed E-state index contributed by atoms with van der Waals surface area (Å²) < 4.78 is 0. The molecule has 0 spiro atoms. The lowest BCUT2D eigenvalue weighted by molar-refractivity contribution is -0.141. The van der Waals surface area contributed by atoms with Crippen molar-refractivity contribution < 1.29 is 14.7 Å². The van der Waals surface area contributed by atoms with Crippen LogP contribution in [-0.4, -0.2) is 59.8 Å². The average molecular weight is 300 g/mol. The number of tetrazole rings is 1. The maximum absolute atomic E-state index is 12.3. The van der Waals surface area contributed by atoms with Crippen LogP contribution in [0, 0.1) is 0 Å². The second-order valence-corrected chi connectivity index (χ2v) is 5.61. The summed E-state index contributed by atoms with van der Waals surface area (Å²) in [6.45, 7) is 3.63. The van der Waals surface area contributed by atoms with Crippen LogP contribution in [0.2, 0.25) is 0 Å². The van der Waals surface area contributed by atoms with Crippen molar-refractivity contribution in [2.75, 3.05) is 5.75 Å². The molecule has 3 N–H and O–H groups in total. The molecule has 110 valence electrons. The van der Waals surface area contributed by atoms with Gasteiger partial charge in [-0.3, -0.25) is 4.90 Å². The number of nitrogens with zero attached hydrogens (tertiary/aromatic N) is 4. The number of hydrogen-bond acceptors (Lipinski definition) is 6. The summed E-state index contributed by atoms with van der Waals surface area (Å²) >= 11 is 1.47. The molecule has 0 radical (unpaired) electrons. The third kappa shape index (κ3) is 2.84. The zero-order valence-electron chi connectivity index (χ0n) is 11.1. The minimum atomic E-state index is -0.990. The first-order valence-corrected chi connectivity index (χ1v) is 7.26. The topological polar surface area (TPSA) is 124 Å². The summed E-state index contributed by atoms with van der Waals surface area (Å²) in [5, 5.41) is 25.1. The van der Waals surface area contributed by atoms with Gasteiger partial charge in [0.05, 0.1) is 11.4 Å². The van der Waals surface area contributed by atoms with Gasteiger partial charge in [0, 0.05) is 5.75 Å². The monoisotopic (exact) mass is 300 g/mol. The number of thioether (sulfide) groups is 1. The quantitative estimate of drug-likeness (QED) is 0.726. The van der Waals surface area contributed by atoms with Crippen molar-refractivity contribution in [1.29, 1.82) is 0 Å². The summed E-state index contributed by atoms with van der Waals surface area (Å²) in [6.07, 6.45) is 0.693. The number of aromatic nitrogens is 4. The normalized spacial score (nSPS) is 23.6. The molecule has 3 unspecified atom stereocenters. The molecule has 0 aliphatic carbocycles. The summed E-state index contributed by atoms with van der Waals surface area (Å²) in [5.41, 5.74) is 0. The predicted octanol–water partition coefficient (Wildman–Crippen LogP) is 0.208. The highest BCUT2D eigenvalue weighted by Crippen LogP contribution is 2.31. The molecule has 2 heterocycles. The van der Waals surface area contributed by atoms with Crippen molar-refractivity contribution in [2.45, 2.75) is 37.7 Å². The fraction of sp³-hybridized carbons (Fsp3) is 0.700. The molecule has 10 heteroatoms. The molecule has 20 heavy (non-hydrogen) atoms. The number of carbonyl (C=O) groups excluding carboxylic acids is 1. The Morgan fingerprint density at radius 2 is 2.40 bits per heavy atom. The average Bonchev–Trinajstić information content (AvgIpc) is 3.07. The number of aromatic amines is 1. The van der Waals surface area contributed by atoms with Crippen molar-refractivity contribution in [3.8, 4) is 0 Å². The number of rotatable bonds is 4. The van der Waals surface area contributed by atoms with E-state index in [9.17, 15) is 14.7 Å². The molecule has 1 aliphatic rings. The van der Waals surface area contributed by atoms with Gasteiger partial charge in [-0.25, -0.2) is 9.59 Å². The van der Waals surface area contributed by atoms with Gasteiger partial charge in [0.1, 0.15) is 6.04 Å². The number of H-pyrrole nitrogens is 1. The number of carboxylic acids is 1. The maximum Gasteiger partial charge on any atom is 0.327 e. The van der Waals surface area contributed by atoms with Crippen LogP contribution in [0.4, 0.5) is 4.79 Å². The van der Waals surface area contributed by atoms with Crippen LogP contribution in [0.3, 0.4) is 0 Å². The highest BCUT2D eigenvalue weighted by molar-refractivity contribution is 8.00. The van der Waals surface area contributed by atoms with Crippen LogP contribution in [-0.2, 0) is 4.79 Å². The Morgan fingerprint density at radius 3 is 2.95 bits per heavy atom. The van der Waals surface area contributed by atoms with E-state index in [1.807, 2.05) is 6.92 Å². The molecule has 0 bridgehead atoms. The van der Waals surface area contributed by atoms with E-state index in [-0.39, 0.29) is 5.37 Å². The van der Waals surface area contributed by atoms with Crippen molar-refractivity contribution >= 4 is 23.8 Å². The van der Waals surface area contributed by atoms with Gasteiger partial charge in [0.15, 0.2) is 5.82 Å². The zero-order valence-corrected chi connectivity index (χ0v) is 11.9. The maximum atomic E-state index is 12.3. The molecular weight excluding hydrogens is 284 g/mol. The van der Waals surface area contributed by atoms with E-state index in [4.69, 9.17) is 0 Å². The van der Waals surface area contributed by atoms with E-state index in [2.05, 4.69) is 25.9 Å². The molecule has 3 atom stereocenters. The first-order valence-electron chi connectivity index (χ1n) is 6.21. The molecular formula is C10H16N6O3S. The van der Waals surface area contributed by atoms with Crippen LogP contribution in [0.15, 0.2) is 0 Å². The van der Waals surface area contributed by atoms with E-state index in [1.165, 1.54) is 16.7 Å². The predicted molar refractivity (Wildman–Crippen MR) is 70.9 cm³/mol. The minimum Gasteiger partial charge on any atom is -0.480 e. The lowest BCUT2D eigenvalue weighted by Gasteiger charge is -2.27. The second kappa shape index (κ2) is 6.07. The van der Waals surface area contributed by atoms with Crippen LogP contribution in [0.1, 0.15) is 32.1 Å². The standard InChI is InChI=1S/C10H16N6O3S/c1-3-7-16(6(4-20-7)9(17)18)10(19)11-5(2)8-12-14-15-13-8/h5-7H,3-4H2,1-2H3,(H,11,19)(H,17,18)(H,12,13,14,15). The fourth-order valence-electron chi connectivity index (χ4n) is 2.02. The second-order valence-electron chi connectivity index (χ2n) is 4.40. The summed E-state index contributed by atoms with van der Waals surface area (Å²) in [4.78, 5) is 24.9. The molecule has 1 fully saturated rings. The van der Waals surface area contributed by atoms with Crippen LogP contribution in [0.5, 0.6) is 0 Å². The highest BCUT2D eigenvalue weighted by Gasteiger charge is 2.41. The minimum absolute atomic E-state index is 0.131. The van der Waals surface area contributed by atoms with E-state index in [0.29, 0.717) is 18.0 Å². The molecule has 0 aromatic carbocycles. The number of carboxylic acid groups (broad SMARTS) is 1. The molecule has 2 amide bonds. The van der Waals surface area contributed by atoms with Gasteiger partial charge >= 0.3 is 12.0 Å². The number of amides is 2.